The molecule has 1 aliphatic heterocycles. The lowest BCUT2D eigenvalue weighted by Gasteiger charge is -2.39. The Kier molecular flexibility index (Phi) is 2.84. The number of nitrogens with zero attached hydrogens (tertiary/aromatic N) is 1. The average Bonchev–Trinajstić information content (AvgIpc) is 1.84. The molecule has 3 N–H and O–H groups in total. The zero-order chi connectivity index (χ0) is 8.27. The number of nitrogens with one attached hydrogen (secondary N) is 1. The molecule has 4 nitrogen and oxygen atoms in total. The number of amides is 1. The zero-order valence-electron chi connectivity index (χ0n) is 6.84. The molecule has 0 unspecified atom stereocenters. The summed E-state index contributed by atoms with van der Waals surface area (Å²) in [6, 6.07) is 0.474. The largest absolute Gasteiger partial charge is 0.340 e. The van der Waals surface area contributed by atoms with Gasteiger partial charge in [0.1, 0.15) is 0 Å². The number of carbonyl (C=O) groups excluding carboxylic acids is 1. The number of hydrogen-bond acceptors (Lipinski definition) is 3. The lowest BCUT2D eigenvalue weighted by atomic mass is 10.1. The fourth-order valence-corrected chi connectivity index (χ4v) is 1.15. The third kappa shape index (κ3) is 2.17. The van der Waals surface area contributed by atoms with E-state index in [1.165, 1.54) is 0 Å². The van der Waals surface area contributed by atoms with Gasteiger partial charge in [0.15, 0.2) is 0 Å². The minimum atomic E-state index is 0.163. The van der Waals surface area contributed by atoms with E-state index in [4.69, 9.17) is 5.73 Å². The van der Waals surface area contributed by atoms with Gasteiger partial charge in [0.25, 0.3) is 0 Å². The molecule has 0 aromatic heterocycles. The summed E-state index contributed by atoms with van der Waals surface area (Å²) in [6.45, 7) is 4.79. The molecule has 0 spiro atoms. The molecule has 4 heteroatoms. The lowest BCUT2D eigenvalue weighted by Crippen LogP contribution is -2.59. The Labute approximate surface area is 66.7 Å². The van der Waals surface area contributed by atoms with Crippen molar-refractivity contribution in [2.45, 2.75) is 13.0 Å². The summed E-state index contributed by atoms with van der Waals surface area (Å²) in [7, 11) is 0. The van der Waals surface area contributed by atoms with Crippen molar-refractivity contribution in [3.63, 3.8) is 0 Å². The fourth-order valence-electron chi connectivity index (χ4n) is 1.15. The van der Waals surface area contributed by atoms with Crippen LogP contribution in [-0.2, 0) is 4.79 Å². The first-order chi connectivity index (χ1) is 5.24. The molecule has 0 aromatic carbocycles. The van der Waals surface area contributed by atoms with E-state index >= 15 is 0 Å². The molecule has 0 saturated carbocycles. The normalized spacial score (nSPS) is 18.2. The highest BCUT2D eigenvalue weighted by atomic mass is 16.2. The second-order valence-electron chi connectivity index (χ2n) is 2.86. The molecule has 64 valence electrons. The van der Waals surface area contributed by atoms with Gasteiger partial charge in [-0.05, 0) is 0 Å². The molecule has 1 amide bonds. The number of hydrogen-bond donors (Lipinski definition) is 2. The Balaban J connectivity index is 2.05. The Morgan fingerprint density at radius 2 is 2.36 bits per heavy atom. The summed E-state index contributed by atoms with van der Waals surface area (Å²) in [5, 5.41) is 3.23. The molecule has 0 aromatic rings. The minimum Gasteiger partial charge on any atom is -0.340 e. The quantitative estimate of drug-likeness (QED) is 0.539. The maximum absolute atomic E-state index is 10.7. The van der Waals surface area contributed by atoms with E-state index in [9.17, 15) is 4.79 Å². The van der Waals surface area contributed by atoms with Gasteiger partial charge in [-0.2, -0.15) is 0 Å². The van der Waals surface area contributed by atoms with Crippen LogP contribution in [0.4, 0.5) is 0 Å². The standard InChI is InChI=1S/C7H15N3O/c1-6(11)10-4-7(5-10)9-3-2-8/h7,9H,2-5,8H2,1H3. The van der Waals surface area contributed by atoms with Gasteiger partial charge in [0.05, 0.1) is 0 Å². The number of nitrogens with two attached hydrogens (primary N) is 1. The van der Waals surface area contributed by atoms with Crippen molar-refractivity contribution in [3.05, 3.63) is 0 Å². The van der Waals surface area contributed by atoms with Gasteiger partial charge in [-0.25, -0.2) is 0 Å². The molecule has 1 aliphatic rings. The van der Waals surface area contributed by atoms with Crippen molar-refractivity contribution in [2.75, 3.05) is 26.2 Å². The molecule has 1 fully saturated rings. The van der Waals surface area contributed by atoms with Crippen molar-refractivity contribution in [2.24, 2.45) is 5.73 Å². The van der Waals surface area contributed by atoms with E-state index in [2.05, 4.69) is 5.32 Å². The van der Waals surface area contributed by atoms with Crippen LogP contribution in [0.1, 0.15) is 6.92 Å². The Hall–Kier alpha value is -0.610. The summed E-state index contributed by atoms with van der Waals surface area (Å²) < 4.78 is 0. The zero-order valence-corrected chi connectivity index (χ0v) is 6.84. The third-order valence-electron chi connectivity index (χ3n) is 1.90. The highest BCUT2D eigenvalue weighted by Gasteiger charge is 2.27. The summed E-state index contributed by atoms with van der Waals surface area (Å²) in [5.41, 5.74) is 5.31. The predicted molar refractivity (Wildman–Crippen MR) is 43.1 cm³/mol. The van der Waals surface area contributed by atoms with Crippen molar-refractivity contribution < 1.29 is 4.79 Å². The van der Waals surface area contributed by atoms with E-state index in [0.29, 0.717) is 12.6 Å². The molecule has 1 saturated heterocycles. The number of rotatable bonds is 3. The third-order valence-corrected chi connectivity index (χ3v) is 1.90. The molecule has 1 heterocycles. The summed E-state index contributed by atoms with van der Waals surface area (Å²) >= 11 is 0. The monoisotopic (exact) mass is 157 g/mol. The van der Waals surface area contributed by atoms with Gasteiger partial charge >= 0.3 is 0 Å². The van der Waals surface area contributed by atoms with E-state index in [-0.39, 0.29) is 5.91 Å². The first-order valence-corrected chi connectivity index (χ1v) is 3.93. The Morgan fingerprint density at radius 3 is 2.82 bits per heavy atom. The lowest BCUT2D eigenvalue weighted by molar-refractivity contribution is -0.133. The van der Waals surface area contributed by atoms with Gasteiger partial charge in [-0.1, -0.05) is 0 Å². The van der Waals surface area contributed by atoms with Crippen LogP contribution in [0, 0.1) is 0 Å². The van der Waals surface area contributed by atoms with Gasteiger partial charge in [0.2, 0.25) is 5.91 Å². The smallest absolute Gasteiger partial charge is 0.219 e. The number of likely N-dealkylation sites (tertiary alicyclic amines) is 1. The first kappa shape index (κ1) is 8.49. The SMILES string of the molecule is CC(=O)N1CC(NCCN)C1. The molecule has 0 bridgehead atoms. The predicted octanol–water partition coefficient (Wildman–Crippen LogP) is -1.23. The second kappa shape index (κ2) is 3.69. The summed E-state index contributed by atoms with van der Waals surface area (Å²) in [6.07, 6.45) is 0. The molecule has 11 heavy (non-hydrogen) atoms. The van der Waals surface area contributed by atoms with Crippen LogP contribution in [0.2, 0.25) is 0 Å². The van der Waals surface area contributed by atoms with Crippen LogP contribution in [-0.4, -0.2) is 43.0 Å². The Bertz CT molecular complexity index is 143. The van der Waals surface area contributed by atoms with Crippen LogP contribution in [0.25, 0.3) is 0 Å². The minimum absolute atomic E-state index is 0.163. The van der Waals surface area contributed by atoms with E-state index in [1.807, 2.05) is 4.90 Å². The second-order valence-corrected chi connectivity index (χ2v) is 2.86. The summed E-state index contributed by atoms with van der Waals surface area (Å²) in [5.74, 6) is 0.163. The highest BCUT2D eigenvalue weighted by molar-refractivity contribution is 5.74. The molecule has 0 radical (unpaired) electrons. The van der Waals surface area contributed by atoms with E-state index < -0.39 is 0 Å². The van der Waals surface area contributed by atoms with Gasteiger partial charge in [-0.3, -0.25) is 4.79 Å². The maximum Gasteiger partial charge on any atom is 0.219 e. The molecule has 1 rings (SSSR count). The Morgan fingerprint density at radius 1 is 1.73 bits per heavy atom. The van der Waals surface area contributed by atoms with Crippen LogP contribution in [0.15, 0.2) is 0 Å². The average molecular weight is 157 g/mol. The van der Waals surface area contributed by atoms with Crippen molar-refractivity contribution in [1.29, 1.82) is 0 Å². The molecular formula is C7H15N3O. The highest BCUT2D eigenvalue weighted by Crippen LogP contribution is 2.06. The van der Waals surface area contributed by atoms with Crippen LogP contribution >= 0.6 is 0 Å². The van der Waals surface area contributed by atoms with Crippen molar-refractivity contribution in [1.82, 2.24) is 10.2 Å². The van der Waals surface area contributed by atoms with E-state index in [0.717, 1.165) is 19.6 Å². The van der Waals surface area contributed by atoms with Crippen molar-refractivity contribution in [3.8, 4) is 0 Å². The van der Waals surface area contributed by atoms with Gasteiger partial charge in [0, 0.05) is 39.1 Å². The first-order valence-electron chi connectivity index (χ1n) is 3.93. The molecule has 0 aliphatic carbocycles. The van der Waals surface area contributed by atoms with Gasteiger partial charge < -0.3 is 16.0 Å². The summed E-state index contributed by atoms with van der Waals surface area (Å²) in [4.78, 5) is 12.5. The van der Waals surface area contributed by atoms with Crippen molar-refractivity contribution >= 4 is 5.91 Å². The van der Waals surface area contributed by atoms with Crippen LogP contribution < -0.4 is 11.1 Å². The topological polar surface area (TPSA) is 58.4 Å². The van der Waals surface area contributed by atoms with Crippen LogP contribution in [0.3, 0.4) is 0 Å². The maximum atomic E-state index is 10.7. The fraction of sp³-hybridized carbons (Fsp3) is 0.857. The van der Waals surface area contributed by atoms with Crippen LogP contribution in [0.5, 0.6) is 0 Å². The number of carbonyl (C=O) groups is 1. The van der Waals surface area contributed by atoms with E-state index in [1.54, 1.807) is 6.92 Å². The van der Waals surface area contributed by atoms with Gasteiger partial charge in [-0.15, -0.1) is 0 Å². The molecule has 0 atom stereocenters. The molecular weight excluding hydrogens is 142 g/mol.